The Morgan fingerprint density at radius 3 is 2.22 bits per heavy atom. The van der Waals surface area contributed by atoms with E-state index in [1.165, 1.54) is 0 Å². The minimum absolute atomic E-state index is 0.184. The zero-order valence-electron chi connectivity index (χ0n) is 9.28. The molecule has 5 heteroatoms. The largest absolute Gasteiger partial charge is 0.397 e. The maximum atomic E-state index is 12.0. The molecule has 1 amide bonds. The molecule has 2 aromatic carbocycles. The molecule has 0 aliphatic carbocycles. The first-order valence-corrected chi connectivity index (χ1v) is 6.77. The smallest absolute Gasteiger partial charge is 0.255 e. The number of hydrogen-bond donors (Lipinski definition) is 2. The summed E-state index contributed by atoms with van der Waals surface area (Å²) in [6.07, 6.45) is 0. The lowest BCUT2D eigenvalue weighted by Gasteiger charge is -2.08. The second-order valence-electron chi connectivity index (χ2n) is 3.69. The normalized spacial score (nSPS) is 10.1. The van der Waals surface area contributed by atoms with Crippen LogP contribution in [0.25, 0.3) is 0 Å². The zero-order chi connectivity index (χ0) is 13.1. The molecule has 2 aromatic rings. The monoisotopic (exact) mass is 368 g/mol. The minimum atomic E-state index is -0.184. The van der Waals surface area contributed by atoms with Crippen molar-refractivity contribution in [2.75, 3.05) is 11.1 Å². The van der Waals surface area contributed by atoms with E-state index in [1.54, 1.807) is 24.3 Å². The van der Waals surface area contributed by atoms with Gasteiger partial charge in [-0.05, 0) is 42.5 Å². The van der Waals surface area contributed by atoms with E-state index in [1.807, 2.05) is 18.2 Å². The van der Waals surface area contributed by atoms with Crippen molar-refractivity contribution in [2.24, 2.45) is 0 Å². The topological polar surface area (TPSA) is 55.1 Å². The van der Waals surface area contributed by atoms with Crippen LogP contribution in [0.15, 0.2) is 51.4 Å². The summed E-state index contributed by atoms with van der Waals surface area (Å²) in [5.74, 6) is -0.184. The number of carbonyl (C=O) groups is 1. The first-order chi connectivity index (χ1) is 8.56. The number of carbonyl (C=O) groups excluding carboxylic acids is 1. The summed E-state index contributed by atoms with van der Waals surface area (Å²) < 4.78 is 1.81. The first kappa shape index (κ1) is 13.1. The molecule has 2 rings (SSSR count). The van der Waals surface area contributed by atoms with Gasteiger partial charge in [0.25, 0.3) is 5.91 Å². The highest BCUT2D eigenvalue weighted by molar-refractivity contribution is 9.10. The fourth-order valence-corrected chi connectivity index (χ4v) is 2.09. The number of nitrogens with one attached hydrogen (secondary N) is 1. The highest BCUT2D eigenvalue weighted by Gasteiger charge is 2.07. The van der Waals surface area contributed by atoms with E-state index >= 15 is 0 Å². The second-order valence-corrected chi connectivity index (χ2v) is 5.52. The molecule has 0 fully saturated rings. The van der Waals surface area contributed by atoms with E-state index in [4.69, 9.17) is 5.73 Å². The van der Waals surface area contributed by atoms with Gasteiger partial charge in [-0.25, -0.2) is 0 Å². The quantitative estimate of drug-likeness (QED) is 0.784. The van der Waals surface area contributed by atoms with Crippen LogP contribution in [-0.2, 0) is 0 Å². The molecule has 18 heavy (non-hydrogen) atoms. The molecule has 0 aliphatic rings. The van der Waals surface area contributed by atoms with E-state index in [-0.39, 0.29) is 5.91 Å². The third-order valence-corrected chi connectivity index (χ3v) is 3.39. The molecular weight excluding hydrogens is 360 g/mol. The summed E-state index contributed by atoms with van der Waals surface area (Å²) in [4.78, 5) is 12.0. The summed E-state index contributed by atoms with van der Waals surface area (Å²) in [6.45, 7) is 0. The molecule has 0 unspecified atom stereocenters. The van der Waals surface area contributed by atoms with Gasteiger partial charge in [-0.2, -0.15) is 0 Å². The number of nitrogens with two attached hydrogens (primary N) is 1. The van der Waals surface area contributed by atoms with Gasteiger partial charge >= 0.3 is 0 Å². The molecule has 0 spiro atoms. The Bertz CT molecular complexity index is 582. The summed E-state index contributed by atoms with van der Waals surface area (Å²) >= 11 is 6.64. The zero-order valence-corrected chi connectivity index (χ0v) is 12.5. The van der Waals surface area contributed by atoms with Crippen LogP contribution < -0.4 is 11.1 Å². The van der Waals surface area contributed by atoms with E-state index in [2.05, 4.69) is 37.2 Å². The average molecular weight is 370 g/mol. The Kier molecular flexibility index (Phi) is 4.04. The van der Waals surface area contributed by atoms with Crippen molar-refractivity contribution in [2.45, 2.75) is 0 Å². The van der Waals surface area contributed by atoms with E-state index in [9.17, 15) is 4.79 Å². The Morgan fingerprint density at radius 2 is 1.61 bits per heavy atom. The van der Waals surface area contributed by atoms with Gasteiger partial charge in [-0.1, -0.05) is 31.9 Å². The van der Waals surface area contributed by atoms with Crippen molar-refractivity contribution >= 4 is 49.1 Å². The lowest BCUT2D eigenvalue weighted by Crippen LogP contribution is -2.12. The van der Waals surface area contributed by atoms with Crippen LogP contribution >= 0.6 is 31.9 Å². The number of nitrogen functional groups attached to an aromatic ring is 1. The average Bonchev–Trinajstić information content (AvgIpc) is 2.33. The molecule has 0 saturated carbocycles. The van der Waals surface area contributed by atoms with Crippen LogP contribution in [0.5, 0.6) is 0 Å². The molecule has 92 valence electrons. The molecule has 0 atom stereocenters. The molecule has 0 radical (unpaired) electrons. The molecule has 3 N–H and O–H groups in total. The SMILES string of the molecule is Nc1cc(Br)ccc1NC(=O)c1ccc(Br)cc1. The Morgan fingerprint density at radius 1 is 1.00 bits per heavy atom. The molecule has 0 aromatic heterocycles. The third-order valence-electron chi connectivity index (χ3n) is 2.37. The summed E-state index contributed by atoms with van der Waals surface area (Å²) in [6, 6.07) is 12.5. The third kappa shape index (κ3) is 3.11. The van der Waals surface area contributed by atoms with Gasteiger partial charge < -0.3 is 11.1 Å². The second kappa shape index (κ2) is 5.54. The van der Waals surface area contributed by atoms with E-state index < -0.39 is 0 Å². The fraction of sp³-hybridized carbons (Fsp3) is 0. The fourth-order valence-electron chi connectivity index (χ4n) is 1.44. The van der Waals surface area contributed by atoms with Crippen LogP contribution in [0.3, 0.4) is 0 Å². The van der Waals surface area contributed by atoms with Gasteiger partial charge in [0.05, 0.1) is 11.4 Å². The summed E-state index contributed by atoms with van der Waals surface area (Å²) in [7, 11) is 0. The molecule has 0 aliphatic heterocycles. The van der Waals surface area contributed by atoms with Crippen molar-refractivity contribution in [3.05, 3.63) is 57.0 Å². The molecule has 0 bridgehead atoms. The maximum Gasteiger partial charge on any atom is 0.255 e. The number of benzene rings is 2. The van der Waals surface area contributed by atoms with Crippen LogP contribution in [0.2, 0.25) is 0 Å². The van der Waals surface area contributed by atoms with E-state index in [0.29, 0.717) is 16.9 Å². The number of halogens is 2. The van der Waals surface area contributed by atoms with Gasteiger partial charge in [-0.3, -0.25) is 4.79 Å². The minimum Gasteiger partial charge on any atom is -0.397 e. The number of rotatable bonds is 2. The first-order valence-electron chi connectivity index (χ1n) is 5.18. The van der Waals surface area contributed by atoms with Crippen molar-refractivity contribution in [3.8, 4) is 0 Å². The number of anilines is 2. The highest BCUT2D eigenvalue weighted by Crippen LogP contribution is 2.23. The standard InChI is InChI=1S/C13H10Br2N2O/c14-9-3-1-8(2-4-9)13(18)17-12-6-5-10(15)7-11(12)16/h1-7H,16H2,(H,17,18). The van der Waals surface area contributed by atoms with E-state index in [0.717, 1.165) is 8.95 Å². The van der Waals surface area contributed by atoms with Crippen molar-refractivity contribution in [1.82, 2.24) is 0 Å². The molecule has 0 heterocycles. The maximum absolute atomic E-state index is 12.0. The van der Waals surface area contributed by atoms with Crippen molar-refractivity contribution in [3.63, 3.8) is 0 Å². The van der Waals surface area contributed by atoms with Crippen molar-refractivity contribution in [1.29, 1.82) is 0 Å². The molecule has 0 saturated heterocycles. The predicted molar refractivity (Wildman–Crippen MR) is 80.6 cm³/mol. The Labute approximate surface area is 122 Å². The van der Waals surface area contributed by atoms with Crippen LogP contribution in [0, 0.1) is 0 Å². The number of hydrogen-bond acceptors (Lipinski definition) is 2. The van der Waals surface area contributed by atoms with Crippen LogP contribution in [-0.4, -0.2) is 5.91 Å². The van der Waals surface area contributed by atoms with Crippen LogP contribution in [0.1, 0.15) is 10.4 Å². The lowest BCUT2D eigenvalue weighted by atomic mass is 10.2. The van der Waals surface area contributed by atoms with Crippen molar-refractivity contribution < 1.29 is 4.79 Å². The highest BCUT2D eigenvalue weighted by atomic mass is 79.9. The summed E-state index contributed by atoms with van der Waals surface area (Å²) in [5.41, 5.74) is 7.53. The molecular formula is C13H10Br2N2O. The van der Waals surface area contributed by atoms with Gasteiger partial charge in [0.2, 0.25) is 0 Å². The Balaban J connectivity index is 2.18. The van der Waals surface area contributed by atoms with Gasteiger partial charge in [0.15, 0.2) is 0 Å². The lowest BCUT2D eigenvalue weighted by molar-refractivity contribution is 0.102. The Hall–Kier alpha value is -1.33. The van der Waals surface area contributed by atoms with Gasteiger partial charge in [0, 0.05) is 14.5 Å². The molecule has 3 nitrogen and oxygen atoms in total. The van der Waals surface area contributed by atoms with Crippen LogP contribution in [0.4, 0.5) is 11.4 Å². The number of amides is 1. The summed E-state index contributed by atoms with van der Waals surface area (Å²) in [5, 5.41) is 2.77. The van der Waals surface area contributed by atoms with Gasteiger partial charge in [0.1, 0.15) is 0 Å². The van der Waals surface area contributed by atoms with Gasteiger partial charge in [-0.15, -0.1) is 0 Å². The predicted octanol–water partition coefficient (Wildman–Crippen LogP) is 4.05.